The van der Waals surface area contributed by atoms with Crippen LogP contribution in [0.3, 0.4) is 0 Å². The summed E-state index contributed by atoms with van der Waals surface area (Å²) in [7, 11) is 6.23. The Morgan fingerprint density at radius 1 is 1.06 bits per heavy atom. The van der Waals surface area contributed by atoms with Gasteiger partial charge >= 0.3 is 0 Å². The molecule has 1 aliphatic rings. The monoisotopic (exact) mass is 246 g/mol. The molecule has 0 aliphatic heterocycles. The fraction of sp³-hybridized carbons (Fsp3) is 0.625. The van der Waals surface area contributed by atoms with E-state index in [4.69, 9.17) is 0 Å². The molecule has 1 unspecified atom stereocenters. The highest BCUT2D eigenvalue weighted by atomic mass is 15.2. The zero-order chi connectivity index (χ0) is 13.0. The Labute approximate surface area is 111 Å². The molecule has 18 heavy (non-hydrogen) atoms. The number of rotatable bonds is 4. The minimum absolute atomic E-state index is 0.311. The van der Waals surface area contributed by atoms with Gasteiger partial charge in [-0.1, -0.05) is 43.5 Å². The molecule has 1 aliphatic carbocycles. The Morgan fingerprint density at radius 3 is 2.17 bits per heavy atom. The van der Waals surface area contributed by atoms with Crippen molar-refractivity contribution in [2.45, 2.75) is 44.2 Å². The van der Waals surface area contributed by atoms with E-state index in [9.17, 15) is 0 Å². The summed E-state index contributed by atoms with van der Waals surface area (Å²) in [6, 6.07) is 9.23. The third-order valence-electron chi connectivity index (χ3n) is 4.12. The van der Waals surface area contributed by atoms with Crippen molar-refractivity contribution in [2.24, 2.45) is 0 Å². The standard InChI is InChI=1S/C16H26N2/c1-17-16(18(2)3)15-11-9-14(10-12-15)13-7-5-4-6-8-13/h9-13,16-17H,4-8H2,1-3H3. The average Bonchev–Trinajstić information content (AvgIpc) is 2.41. The predicted octanol–water partition coefficient (Wildman–Crippen LogP) is 3.51. The summed E-state index contributed by atoms with van der Waals surface area (Å²) in [5, 5.41) is 3.34. The molecule has 1 fully saturated rings. The van der Waals surface area contributed by atoms with Gasteiger partial charge in [0, 0.05) is 0 Å². The zero-order valence-corrected chi connectivity index (χ0v) is 11.9. The van der Waals surface area contributed by atoms with E-state index in [1.54, 1.807) is 0 Å². The zero-order valence-electron chi connectivity index (χ0n) is 11.9. The lowest BCUT2D eigenvalue weighted by molar-refractivity contribution is 0.264. The van der Waals surface area contributed by atoms with E-state index in [2.05, 4.69) is 48.6 Å². The summed E-state index contributed by atoms with van der Waals surface area (Å²) in [5.74, 6) is 0.806. The van der Waals surface area contributed by atoms with Crippen LogP contribution in [0.5, 0.6) is 0 Å². The molecule has 0 heterocycles. The van der Waals surface area contributed by atoms with Crippen molar-refractivity contribution < 1.29 is 0 Å². The van der Waals surface area contributed by atoms with Crippen molar-refractivity contribution in [3.05, 3.63) is 35.4 Å². The maximum absolute atomic E-state index is 3.34. The lowest BCUT2D eigenvalue weighted by atomic mass is 9.84. The molecule has 2 nitrogen and oxygen atoms in total. The summed E-state index contributed by atoms with van der Waals surface area (Å²) < 4.78 is 0. The van der Waals surface area contributed by atoms with Crippen LogP contribution in [-0.2, 0) is 0 Å². The fourth-order valence-corrected chi connectivity index (χ4v) is 3.11. The Bertz CT molecular complexity index is 350. The van der Waals surface area contributed by atoms with Crippen molar-refractivity contribution in [1.29, 1.82) is 0 Å². The van der Waals surface area contributed by atoms with Crippen LogP contribution < -0.4 is 5.32 Å². The first-order valence-electron chi connectivity index (χ1n) is 7.16. The predicted molar refractivity (Wildman–Crippen MR) is 77.8 cm³/mol. The van der Waals surface area contributed by atoms with E-state index in [-0.39, 0.29) is 0 Å². The Balaban J connectivity index is 2.08. The first-order valence-corrected chi connectivity index (χ1v) is 7.16. The largest absolute Gasteiger partial charge is 0.301 e. The van der Waals surface area contributed by atoms with Gasteiger partial charge in [-0.2, -0.15) is 0 Å². The summed E-state index contributed by atoms with van der Waals surface area (Å²) in [6.07, 6.45) is 7.31. The van der Waals surface area contributed by atoms with E-state index >= 15 is 0 Å². The number of benzene rings is 1. The van der Waals surface area contributed by atoms with Crippen molar-refractivity contribution in [3.63, 3.8) is 0 Å². The first kappa shape index (κ1) is 13.6. The smallest absolute Gasteiger partial charge is 0.0853 e. The van der Waals surface area contributed by atoms with Gasteiger partial charge in [-0.15, -0.1) is 0 Å². The molecule has 0 saturated heterocycles. The van der Waals surface area contributed by atoms with Gasteiger partial charge in [0.15, 0.2) is 0 Å². The maximum atomic E-state index is 3.34. The molecule has 2 heteroatoms. The Kier molecular flexibility index (Phi) is 4.79. The fourth-order valence-electron chi connectivity index (χ4n) is 3.11. The summed E-state index contributed by atoms with van der Waals surface area (Å²) in [6.45, 7) is 0. The maximum Gasteiger partial charge on any atom is 0.0853 e. The molecular weight excluding hydrogens is 220 g/mol. The quantitative estimate of drug-likeness (QED) is 0.818. The molecule has 1 N–H and O–H groups in total. The molecule has 1 atom stereocenters. The molecule has 0 radical (unpaired) electrons. The summed E-state index contributed by atoms with van der Waals surface area (Å²) >= 11 is 0. The van der Waals surface area contributed by atoms with Gasteiger partial charge in [-0.25, -0.2) is 0 Å². The van der Waals surface area contributed by atoms with E-state index in [1.165, 1.54) is 43.2 Å². The second kappa shape index (κ2) is 6.35. The molecule has 0 aromatic heterocycles. The van der Waals surface area contributed by atoms with Crippen molar-refractivity contribution in [1.82, 2.24) is 10.2 Å². The highest BCUT2D eigenvalue weighted by Gasteiger charge is 2.16. The molecule has 0 bridgehead atoms. The topological polar surface area (TPSA) is 15.3 Å². The van der Waals surface area contributed by atoms with Gasteiger partial charge in [0.2, 0.25) is 0 Å². The van der Waals surface area contributed by atoms with Crippen LogP contribution in [0.2, 0.25) is 0 Å². The molecule has 100 valence electrons. The highest BCUT2D eigenvalue weighted by Crippen LogP contribution is 2.33. The normalized spacial score (nSPS) is 19.1. The molecule has 1 aromatic rings. The lowest BCUT2D eigenvalue weighted by Gasteiger charge is -2.26. The van der Waals surface area contributed by atoms with Crippen molar-refractivity contribution >= 4 is 0 Å². The Hall–Kier alpha value is -0.860. The van der Waals surface area contributed by atoms with Gasteiger partial charge in [-0.05, 0) is 51.0 Å². The summed E-state index contributed by atoms with van der Waals surface area (Å²) in [4.78, 5) is 2.20. The molecule has 0 amide bonds. The van der Waals surface area contributed by atoms with Crippen LogP contribution in [0.25, 0.3) is 0 Å². The third-order valence-corrected chi connectivity index (χ3v) is 4.12. The van der Waals surface area contributed by atoms with E-state index in [0.29, 0.717) is 6.17 Å². The van der Waals surface area contributed by atoms with E-state index < -0.39 is 0 Å². The van der Waals surface area contributed by atoms with Crippen LogP contribution in [-0.4, -0.2) is 26.0 Å². The van der Waals surface area contributed by atoms with Crippen LogP contribution in [0.15, 0.2) is 24.3 Å². The number of hydrogen-bond donors (Lipinski definition) is 1. The van der Waals surface area contributed by atoms with Crippen LogP contribution in [0.1, 0.15) is 55.3 Å². The van der Waals surface area contributed by atoms with Gasteiger partial charge in [0.05, 0.1) is 6.17 Å². The van der Waals surface area contributed by atoms with Gasteiger partial charge in [-0.3, -0.25) is 4.90 Å². The van der Waals surface area contributed by atoms with Crippen LogP contribution in [0, 0.1) is 0 Å². The third kappa shape index (κ3) is 3.12. The number of nitrogens with zero attached hydrogens (tertiary/aromatic N) is 1. The molecular formula is C16H26N2. The highest BCUT2D eigenvalue weighted by molar-refractivity contribution is 5.27. The van der Waals surface area contributed by atoms with E-state index in [1.807, 2.05) is 7.05 Å². The second-order valence-electron chi connectivity index (χ2n) is 5.66. The Morgan fingerprint density at radius 2 is 1.67 bits per heavy atom. The SMILES string of the molecule is CNC(c1ccc(C2CCCCC2)cc1)N(C)C. The van der Waals surface area contributed by atoms with Gasteiger partial charge < -0.3 is 5.32 Å². The molecule has 0 spiro atoms. The second-order valence-corrected chi connectivity index (χ2v) is 5.66. The minimum Gasteiger partial charge on any atom is -0.301 e. The molecule has 2 rings (SSSR count). The van der Waals surface area contributed by atoms with Crippen molar-refractivity contribution in [2.75, 3.05) is 21.1 Å². The lowest BCUT2D eigenvalue weighted by Crippen LogP contribution is -2.30. The number of hydrogen-bond acceptors (Lipinski definition) is 2. The van der Waals surface area contributed by atoms with E-state index in [0.717, 1.165) is 5.92 Å². The van der Waals surface area contributed by atoms with Crippen LogP contribution >= 0.6 is 0 Å². The van der Waals surface area contributed by atoms with Gasteiger partial charge in [0.1, 0.15) is 0 Å². The van der Waals surface area contributed by atoms with Crippen molar-refractivity contribution in [3.8, 4) is 0 Å². The van der Waals surface area contributed by atoms with Crippen LogP contribution in [0.4, 0.5) is 0 Å². The average molecular weight is 246 g/mol. The van der Waals surface area contributed by atoms with Gasteiger partial charge in [0.25, 0.3) is 0 Å². The number of nitrogens with one attached hydrogen (secondary N) is 1. The first-order chi connectivity index (χ1) is 8.72. The molecule has 1 saturated carbocycles. The minimum atomic E-state index is 0.311. The summed E-state index contributed by atoms with van der Waals surface area (Å²) in [5.41, 5.74) is 2.88. The molecule has 1 aromatic carbocycles.